The van der Waals surface area contributed by atoms with Crippen LogP contribution < -0.4 is 0 Å². The zero-order valence-electron chi connectivity index (χ0n) is 9.20. The van der Waals surface area contributed by atoms with Gasteiger partial charge in [-0.15, -0.1) is 0 Å². The molecule has 0 spiro atoms. The summed E-state index contributed by atoms with van der Waals surface area (Å²) in [6, 6.07) is 3.76. The number of aromatic nitrogens is 3. The minimum absolute atomic E-state index is 0.471. The number of rotatable bonds is 2. The van der Waals surface area contributed by atoms with Crippen LogP contribution in [0, 0.1) is 0 Å². The molecule has 0 N–H and O–H groups in total. The average molecular weight is 389 g/mol. The minimum atomic E-state index is 0.471. The maximum absolute atomic E-state index is 6.05. The van der Waals surface area contributed by atoms with Crippen LogP contribution in [0.25, 0.3) is 11.5 Å². The van der Waals surface area contributed by atoms with Crippen molar-refractivity contribution in [2.75, 3.05) is 0 Å². The Morgan fingerprint density at radius 2 is 1.94 bits per heavy atom. The minimum Gasteiger partial charge on any atom is -0.251 e. The third-order valence-electron chi connectivity index (χ3n) is 2.73. The third-order valence-corrected chi connectivity index (χ3v) is 3.96. The summed E-state index contributed by atoms with van der Waals surface area (Å²) in [6.07, 6.45) is 4.09. The smallest absolute Gasteiger partial charge is 0.181 e. The largest absolute Gasteiger partial charge is 0.251 e. The number of pyridine rings is 1. The van der Waals surface area contributed by atoms with Gasteiger partial charge in [-0.25, -0.2) is 9.97 Å². The van der Waals surface area contributed by atoms with E-state index in [1.165, 1.54) is 12.8 Å². The Bertz CT molecular complexity index is 614. The van der Waals surface area contributed by atoms with Crippen molar-refractivity contribution in [3.05, 3.63) is 38.1 Å². The van der Waals surface area contributed by atoms with E-state index >= 15 is 0 Å². The highest BCUT2D eigenvalue weighted by molar-refractivity contribution is 9.11. The molecule has 92 valence electrons. The van der Waals surface area contributed by atoms with Crippen molar-refractivity contribution < 1.29 is 0 Å². The molecule has 0 bridgehead atoms. The highest BCUT2D eigenvalue weighted by Crippen LogP contribution is 2.40. The summed E-state index contributed by atoms with van der Waals surface area (Å²) in [5.74, 6) is 1.11. The van der Waals surface area contributed by atoms with Crippen molar-refractivity contribution in [1.82, 2.24) is 15.0 Å². The Morgan fingerprint density at radius 3 is 2.61 bits per heavy atom. The van der Waals surface area contributed by atoms with E-state index in [2.05, 4.69) is 46.8 Å². The summed E-state index contributed by atoms with van der Waals surface area (Å²) in [4.78, 5) is 13.1. The van der Waals surface area contributed by atoms with Crippen molar-refractivity contribution in [1.29, 1.82) is 0 Å². The lowest BCUT2D eigenvalue weighted by molar-refractivity contribution is 0.986. The summed E-state index contributed by atoms with van der Waals surface area (Å²) >= 11 is 12.9. The van der Waals surface area contributed by atoms with Gasteiger partial charge in [0, 0.05) is 26.8 Å². The van der Waals surface area contributed by atoms with Crippen LogP contribution in [-0.4, -0.2) is 15.0 Å². The van der Waals surface area contributed by atoms with E-state index in [-0.39, 0.29) is 0 Å². The Balaban J connectivity index is 2.10. The van der Waals surface area contributed by atoms with Crippen LogP contribution in [0.5, 0.6) is 0 Å². The Labute approximate surface area is 126 Å². The first kappa shape index (κ1) is 12.5. The maximum Gasteiger partial charge on any atom is 0.181 e. The summed E-state index contributed by atoms with van der Waals surface area (Å²) in [5, 5.41) is 0.471. The van der Waals surface area contributed by atoms with E-state index in [0.29, 0.717) is 22.6 Å². The lowest BCUT2D eigenvalue weighted by Crippen LogP contribution is -1.97. The molecule has 1 fully saturated rings. The number of hydrogen-bond acceptors (Lipinski definition) is 3. The molecule has 1 aliphatic carbocycles. The zero-order chi connectivity index (χ0) is 12.7. The van der Waals surface area contributed by atoms with Gasteiger partial charge < -0.3 is 0 Å². The lowest BCUT2D eigenvalue weighted by Gasteiger charge is -2.05. The molecule has 3 rings (SSSR count). The SMILES string of the molecule is Clc1cc(C2CC2)nc(-c2ncc(Br)cc2Br)n1. The molecule has 2 aromatic rings. The maximum atomic E-state index is 6.05. The summed E-state index contributed by atoms with van der Waals surface area (Å²) < 4.78 is 1.75. The molecule has 1 saturated carbocycles. The van der Waals surface area contributed by atoms with Gasteiger partial charge in [0.15, 0.2) is 5.82 Å². The van der Waals surface area contributed by atoms with Crippen molar-refractivity contribution in [3.63, 3.8) is 0 Å². The van der Waals surface area contributed by atoms with Gasteiger partial charge in [-0.05, 0) is 56.8 Å². The molecule has 0 amide bonds. The predicted molar refractivity (Wildman–Crippen MR) is 77.6 cm³/mol. The molecular weight excluding hydrogens is 381 g/mol. The summed E-state index contributed by atoms with van der Waals surface area (Å²) in [6.45, 7) is 0. The standard InChI is InChI=1S/C12H8Br2ClN3/c13-7-3-8(14)11(16-5-7)12-17-9(6-1-2-6)4-10(15)18-12/h3-6H,1-2H2. The number of halogens is 3. The van der Waals surface area contributed by atoms with Crippen molar-refractivity contribution in [2.45, 2.75) is 18.8 Å². The Hall–Kier alpha value is -0.520. The van der Waals surface area contributed by atoms with Crippen LogP contribution in [0.2, 0.25) is 5.15 Å². The second-order valence-electron chi connectivity index (χ2n) is 4.20. The van der Waals surface area contributed by atoms with E-state index in [9.17, 15) is 0 Å². The molecule has 2 aromatic heterocycles. The first-order chi connectivity index (χ1) is 8.63. The fraction of sp³-hybridized carbons (Fsp3) is 0.250. The van der Waals surface area contributed by atoms with E-state index in [0.717, 1.165) is 14.6 Å². The fourth-order valence-corrected chi connectivity index (χ4v) is 3.06. The van der Waals surface area contributed by atoms with Gasteiger partial charge in [0.25, 0.3) is 0 Å². The second-order valence-corrected chi connectivity index (χ2v) is 6.35. The van der Waals surface area contributed by atoms with Crippen LogP contribution in [0.4, 0.5) is 0 Å². The molecule has 0 aromatic carbocycles. The molecule has 18 heavy (non-hydrogen) atoms. The van der Waals surface area contributed by atoms with Crippen LogP contribution in [-0.2, 0) is 0 Å². The topological polar surface area (TPSA) is 38.7 Å². The van der Waals surface area contributed by atoms with Gasteiger partial charge in [0.1, 0.15) is 10.8 Å². The van der Waals surface area contributed by atoms with E-state index < -0.39 is 0 Å². The van der Waals surface area contributed by atoms with E-state index in [4.69, 9.17) is 11.6 Å². The lowest BCUT2D eigenvalue weighted by atomic mass is 10.2. The molecule has 0 saturated heterocycles. The molecule has 1 aliphatic rings. The molecule has 2 heterocycles. The van der Waals surface area contributed by atoms with Crippen molar-refractivity contribution in [2.24, 2.45) is 0 Å². The molecule has 0 atom stereocenters. The number of hydrogen-bond donors (Lipinski definition) is 0. The predicted octanol–water partition coefficient (Wildman–Crippen LogP) is 4.59. The Kier molecular flexibility index (Phi) is 3.38. The number of nitrogens with zero attached hydrogens (tertiary/aromatic N) is 3. The summed E-state index contributed by atoms with van der Waals surface area (Å²) in [5.41, 5.74) is 1.73. The Morgan fingerprint density at radius 1 is 1.17 bits per heavy atom. The molecule has 0 unspecified atom stereocenters. The quantitative estimate of drug-likeness (QED) is 0.705. The van der Waals surface area contributed by atoms with Crippen molar-refractivity contribution >= 4 is 43.5 Å². The highest BCUT2D eigenvalue weighted by Gasteiger charge is 2.26. The van der Waals surface area contributed by atoms with Gasteiger partial charge in [0.2, 0.25) is 0 Å². The van der Waals surface area contributed by atoms with Gasteiger partial charge in [-0.3, -0.25) is 4.98 Å². The zero-order valence-corrected chi connectivity index (χ0v) is 13.1. The first-order valence-electron chi connectivity index (χ1n) is 5.49. The van der Waals surface area contributed by atoms with Crippen molar-refractivity contribution in [3.8, 4) is 11.5 Å². The van der Waals surface area contributed by atoms with Crippen LogP contribution in [0.3, 0.4) is 0 Å². The summed E-state index contributed by atoms with van der Waals surface area (Å²) in [7, 11) is 0. The van der Waals surface area contributed by atoms with Crippen LogP contribution in [0.15, 0.2) is 27.3 Å². The molecule has 6 heteroatoms. The molecule has 0 radical (unpaired) electrons. The molecular formula is C12H8Br2ClN3. The molecule has 3 nitrogen and oxygen atoms in total. The van der Waals surface area contributed by atoms with Gasteiger partial charge in [-0.1, -0.05) is 11.6 Å². The van der Waals surface area contributed by atoms with Gasteiger partial charge in [-0.2, -0.15) is 0 Å². The second kappa shape index (κ2) is 4.87. The van der Waals surface area contributed by atoms with E-state index in [1.54, 1.807) is 6.20 Å². The third kappa shape index (κ3) is 2.58. The van der Waals surface area contributed by atoms with Gasteiger partial charge >= 0.3 is 0 Å². The fourth-order valence-electron chi connectivity index (χ4n) is 1.71. The molecule has 0 aliphatic heterocycles. The normalized spacial score (nSPS) is 14.8. The van der Waals surface area contributed by atoms with Crippen LogP contribution >= 0.6 is 43.5 Å². The van der Waals surface area contributed by atoms with Gasteiger partial charge in [0.05, 0.1) is 0 Å². The monoisotopic (exact) mass is 387 g/mol. The van der Waals surface area contributed by atoms with E-state index in [1.807, 2.05) is 12.1 Å². The van der Waals surface area contributed by atoms with Crippen LogP contribution in [0.1, 0.15) is 24.5 Å². The average Bonchev–Trinajstić information content (AvgIpc) is 3.11. The highest BCUT2D eigenvalue weighted by atomic mass is 79.9. The first-order valence-corrected chi connectivity index (χ1v) is 7.46.